The van der Waals surface area contributed by atoms with E-state index in [-0.39, 0.29) is 18.2 Å². The summed E-state index contributed by atoms with van der Waals surface area (Å²) in [6.07, 6.45) is 1.75. The Labute approximate surface area is 163 Å². The topological polar surface area (TPSA) is 49.7 Å². The van der Waals surface area contributed by atoms with Gasteiger partial charge in [-0.25, -0.2) is 4.99 Å². The summed E-state index contributed by atoms with van der Waals surface area (Å²) in [6.45, 7) is -0.0529. The lowest BCUT2D eigenvalue weighted by Gasteiger charge is -2.17. The molecular weight excluding hydrogens is 348 g/mol. The van der Waals surface area contributed by atoms with E-state index in [9.17, 15) is 9.59 Å². The number of Topliss-reactive ketones (excluding diaryl/α,β-unsaturated/α-hetero) is 1. The highest BCUT2D eigenvalue weighted by atomic mass is 16.2. The maximum atomic E-state index is 13.1. The number of rotatable bonds is 5. The Bertz CT molecular complexity index is 1060. The van der Waals surface area contributed by atoms with Crippen LogP contribution in [0.1, 0.15) is 21.5 Å². The minimum Gasteiger partial charge on any atom is -0.292 e. The average Bonchev–Trinajstić information content (AvgIpc) is 3.05. The van der Waals surface area contributed by atoms with Gasteiger partial charge in [-0.1, -0.05) is 91.0 Å². The average molecular weight is 366 g/mol. The molecule has 3 aromatic rings. The highest BCUT2D eigenvalue weighted by Crippen LogP contribution is 2.22. The molecule has 0 N–H and O–H groups in total. The molecule has 0 aliphatic carbocycles. The predicted octanol–water partition coefficient (Wildman–Crippen LogP) is 4.20. The van der Waals surface area contributed by atoms with Crippen LogP contribution in [0.15, 0.2) is 102 Å². The standard InChI is InChI=1S/C24H18N2O2/c27-22(19-12-6-2-7-13-19)17-26-23(20-14-8-3-9-15-20)25-21(24(26)28)16-18-10-4-1-5-11-18/h1-16H,17H2/b21-16+. The normalized spacial score (nSPS) is 15.0. The largest absolute Gasteiger partial charge is 0.292 e. The van der Waals surface area contributed by atoms with E-state index in [2.05, 4.69) is 4.99 Å². The molecule has 0 unspecified atom stereocenters. The third-order valence-corrected chi connectivity index (χ3v) is 4.48. The summed E-state index contributed by atoms with van der Waals surface area (Å²) in [5.74, 6) is 0.0996. The van der Waals surface area contributed by atoms with Crippen molar-refractivity contribution in [1.29, 1.82) is 0 Å². The number of hydrogen-bond acceptors (Lipinski definition) is 3. The van der Waals surface area contributed by atoms with Gasteiger partial charge in [0.15, 0.2) is 5.78 Å². The fourth-order valence-corrected chi connectivity index (χ4v) is 3.07. The molecule has 0 spiro atoms. The Kier molecular flexibility index (Phi) is 4.93. The summed E-state index contributed by atoms with van der Waals surface area (Å²) in [5, 5.41) is 0. The maximum absolute atomic E-state index is 13.1. The highest BCUT2D eigenvalue weighted by Gasteiger charge is 2.32. The molecule has 1 aliphatic rings. The zero-order valence-corrected chi connectivity index (χ0v) is 15.2. The monoisotopic (exact) mass is 366 g/mol. The molecule has 4 heteroatoms. The van der Waals surface area contributed by atoms with E-state index in [1.807, 2.05) is 78.9 Å². The first-order valence-electron chi connectivity index (χ1n) is 9.03. The smallest absolute Gasteiger partial charge is 0.278 e. The number of hydrogen-bond donors (Lipinski definition) is 0. The third-order valence-electron chi connectivity index (χ3n) is 4.48. The van der Waals surface area contributed by atoms with Crippen molar-refractivity contribution < 1.29 is 9.59 Å². The first-order valence-corrected chi connectivity index (χ1v) is 9.03. The zero-order valence-electron chi connectivity index (χ0n) is 15.2. The number of ketones is 1. The molecule has 1 heterocycles. The fraction of sp³-hybridized carbons (Fsp3) is 0.0417. The number of carbonyl (C=O) groups is 2. The highest BCUT2D eigenvalue weighted by molar-refractivity contribution is 6.21. The lowest BCUT2D eigenvalue weighted by molar-refractivity contribution is -0.122. The van der Waals surface area contributed by atoms with Crippen LogP contribution in [0, 0.1) is 0 Å². The molecule has 136 valence electrons. The first-order chi connectivity index (χ1) is 13.7. The van der Waals surface area contributed by atoms with Crippen LogP contribution in [0.2, 0.25) is 0 Å². The molecule has 0 saturated carbocycles. The Morgan fingerprint density at radius 3 is 2.04 bits per heavy atom. The first kappa shape index (κ1) is 17.6. The van der Waals surface area contributed by atoms with Gasteiger partial charge in [-0.2, -0.15) is 0 Å². The number of carbonyl (C=O) groups excluding carboxylic acids is 2. The van der Waals surface area contributed by atoms with Crippen molar-refractivity contribution >= 4 is 23.6 Å². The number of benzene rings is 3. The molecule has 1 amide bonds. The van der Waals surface area contributed by atoms with Crippen LogP contribution in [-0.2, 0) is 4.79 Å². The number of nitrogens with zero attached hydrogens (tertiary/aromatic N) is 2. The molecule has 1 aliphatic heterocycles. The van der Waals surface area contributed by atoms with Gasteiger partial charge in [0.05, 0.1) is 6.54 Å². The minimum absolute atomic E-state index is 0.0529. The van der Waals surface area contributed by atoms with Crippen LogP contribution in [0.3, 0.4) is 0 Å². The molecule has 0 bridgehead atoms. The summed E-state index contributed by atoms with van der Waals surface area (Å²) in [6, 6.07) is 28.0. The van der Waals surface area contributed by atoms with Crippen LogP contribution in [0.5, 0.6) is 0 Å². The van der Waals surface area contributed by atoms with Crippen LogP contribution >= 0.6 is 0 Å². The second kappa shape index (κ2) is 7.84. The van der Waals surface area contributed by atoms with E-state index in [1.165, 1.54) is 4.90 Å². The molecule has 4 nitrogen and oxygen atoms in total. The molecule has 0 atom stereocenters. The fourth-order valence-electron chi connectivity index (χ4n) is 3.07. The molecule has 4 rings (SSSR count). The molecule has 3 aromatic carbocycles. The molecular formula is C24H18N2O2. The summed E-state index contributed by atoms with van der Waals surface area (Å²) < 4.78 is 0. The van der Waals surface area contributed by atoms with E-state index < -0.39 is 0 Å². The summed E-state index contributed by atoms with van der Waals surface area (Å²) in [7, 11) is 0. The second-order valence-electron chi connectivity index (χ2n) is 6.42. The van der Waals surface area contributed by atoms with Crippen molar-refractivity contribution in [1.82, 2.24) is 4.90 Å². The number of amides is 1. The lowest BCUT2D eigenvalue weighted by atomic mass is 10.1. The van der Waals surface area contributed by atoms with Crippen molar-refractivity contribution in [3.8, 4) is 0 Å². The van der Waals surface area contributed by atoms with Gasteiger partial charge in [0.25, 0.3) is 5.91 Å². The Balaban J connectivity index is 1.70. The van der Waals surface area contributed by atoms with Gasteiger partial charge in [-0.05, 0) is 11.6 Å². The predicted molar refractivity (Wildman–Crippen MR) is 110 cm³/mol. The maximum Gasteiger partial charge on any atom is 0.278 e. The zero-order chi connectivity index (χ0) is 19.3. The van der Waals surface area contributed by atoms with Crippen molar-refractivity contribution in [3.05, 3.63) is 113 Å². The van der Waals surface area contributed by atoms with E-state index in [4.69, 9.17) is 0 Å². The molecule has 0 radical (unpaired) electrons. The second-order valence-corrected chi connectivity index (χ2v) is 6.42. The molecule has 28 heavy (non-hydrogen) atoms. The van der Waals surface area contributed by atoms with Gasteiger partial charge in [-0.15, -0.1) is 0 Å². The van der Waals surface area contributed by atoms with Crippen molar-refractivity contribution in [2.24, 2.45) is 4.99 Å². The van der Waals surface area contributed by atoms with Crippen LogP contribution in [0.4, 0.5) is 0 Å². The van der Waals surface area contributed by atoms with E-state index in [0.717, 1.165) is 11.1 Å². The van der Waals surface area contributed by atoms with Crippen LogP contribution in [0.25, 0.3) is 6.08 Å². The van der Waals surface area contributed by atoms with E-state index in [1.54, 1.807) is 18.2 Å². The van der Waals surface area contributed by atoms with Gasteiger partial charge in [0.2, 0.25) is 0 Å². The van der Waals surface area contributed by atoms with Gasteiger partial charge < -0.3 is 0 Å². The summed E-state index contributed by atoms with van der Waals surface area (Å²) in [5.41, 5.74) is 2.58. The Morgan fingerprint density at radius 2 is 1.39 bits per heavy atom. The van der Waals surface area contributed by atoms with Crippen molar-refractivity contribution in [2.75, 3.05) is 6.54 Å². The van der Waals surface area contributed by atoms with Gasteiger partial charge in [0, 0.05) is 11.1 Å². The molecule has 0 saturated heterocycles. The van der Waals surface area contributed by atoms with Gasteiger partial charge >= 0.3 is 0 Å². The van der Waals surface area contributed by atoms with Crippen molar-refractivity contribution in [3.63, 3.8) is 0 Å². The molecule has 0 aromatic heterocycles. The Hall–Kier alpha value is -3.79. The number of aliphatic imine (C=N–C) groups is 1. The minimum atomic E-state index is -0.271. The van der Waals surface area contributed by atoms with E-state index in [0.29, 0.717) is 17.1 Å². The van der Waals surface area contributed by atoms with Crippen molar-refractivity contribution in [2.45, 2.75) is 0 Å². The van der Waals surface area contributed by atoms with Crippen LogP contribution in [-0.4, -0.2) is 29.0 Å². The van der Waals surface area contributed by atoms with E-state index >= 15 is 0 Å². The quantitative estimate of drug-likeness (QED) is 0.502. The lowest BCUT2D eigenvalue weighted by Crippen LogP contribution is -2.37. The van der Waals surface area contributed by atoms with Gasteiger partial charge in [0.1, 0.15) is 11.5 Å². The Morgan fingerprint density at radius 1 is 0.821 bits per heavy atom. The number of amidine groups is 1. The summed E-state index contributed by atoms with van der Waals surface area (Å²) >= 11 is 0. The SMILES string of the molecule is O=C(CN1C(=O)/C(=C\c2ccccc2)N=C1c1ccccc1)c1ccccc1. The third kappa shape index (κ3) is 3.67. The molecule has 0 fully saturated rings. The summed E-state index contributed by atoms with van der Waals surface area (Å²) in [4.78, 5) is 31.8. The van der Waals surface area contributed by atoms with Gasteiger partial charge in [-0.3, -0.25) is 14.5 Å². The van der Waals surface area contributed by atoms with Crippen LogP contribution < -0.4 is 0 Å².